The number of carbonyl (C=O) groups is 4. The molecule has 8 rings (SSSR count). The molecule has 0 bridgehead atoms. The summed E-state index contributed by atoms with van der Waals surface area (Å²) >= 11 is 0. The fourth-order valence-corrected chi connectivity index (χ4v) is 12.6. The highest BCUT2D eigenvalue weighted by atomic mass is 16.8. The molecule has 16 nitrogen and oxygen atoms in total. The number of esters is 2. The van der Waals surface area contributed by atoms with Crippen molar-refractivity contribution in [3.05, 3.63) is 41.5 Å². The Morgan fingerprint density at radius 1 is 0.891 bits per heavy atom. The monoisotopic (exact) mass is 898 g/mol. The summed E-state index contributed by atoms with van der Waals surface area (Å²) in [6, 6.07) is 6.16. The molecule has 3 heterocycles. The minimum atomic E-state index is -1.67. The average molecular weight is 899 g/mol. The van der Waals surface area contributed by atoms with Gasteiger partial charge in [0.15, 0.2) is 37.0 Å². The van der Waals surface area contributed by atoms with E-state index in [-0.39, 0.29) is 53.8 Å². The number of methoxy groups -OCH3 is 1. The van der Waals surface area contributed by atoms with Gasteiger partial charge < -0.3 is 58.0 Å². The van der Waals surface area contributed by atoms with Gasteiger partial charge >= 0.3 is 18.1 Å². The lowest BCUT2D eigenvalue weighted by atomic mass is 9.46. The number of ketones is 1. The summed E-state index contributed by atoms with van der Waals surface area (Å²) < 4.78 is 53.2. The SMILES string of the molecule is COc1ccc(C(=O)O[C@H]2[C@H](O[C@@H]3[C@@H](OC(C)=O)[C@H](O[C@H]4C[C@H]5[C@@H]6CC=C7C[C@@H](O)CC[C@]7(C)C6CC[C@]5(C)[C@@]4(O)[C@H](C)C(=O)CCC(C)C)OC[C@@H]3O)OC[C@H]3OC(=O)O[C@H]23)cc1. The number of rotatable bonds is 13. The summed E-state index contributed by atoms with van der Waals surface area (Å²) in [6.45, 7) is 11.0. The lowest BCUT2D eigenvalue weighted by Crippen LogP contribution is -2.64. The molecule has 17 atom stereocenters. The molecule has 7 aliphatic rings. The third-order valence-corrected chi connectivity index (χ3v) is 16.2. The molecular formula is C48H66O16. The van der Waals surface area contributed by atoms with Gasteiger partial charge in [0.2, 0.25) is 0 Å². The van der Waals surface area contributed by atoms with Crippen LogP contribution in [0.5, 0.6) is 5.75 Å². The summed E-state index contributed by atoms with van der Waals surface area (Å²) in [4.78, 5) is 52.9. The van der Waals surface area contributed by atoms with Crippen molar-refractivity contribution >= 4 is 23.9 Å². The third-order valence-electron chi connectivity index (χ3n) is 16.2. The second-order valence-electron chi connectivity index (χ2n) is 20.2. The molecule has 0 radical (unpaired) electrons. The van der Waals surface area contributed by atoms with E-state index in [0.717, 1.165) is 25.7 Å². The van der Waals surface area contributed by atoms with Gasteiger partial charge in [0.25, 0.3) is 0 Å². The highest BCUT2D eigenvalue weighted by molar-refractivity contribution is 5.89. The van der Waals surface area contributed by atoms with Gasteiger partial charge in [-0.3, -0.25) is 9.59 Å². The maximum absolute atomic E-state index is 14.2. The molecule has 0 aromatic heterocycles. The number of benzene rings is 1. The van der Waals surface area contributed by atoms with E-state index in [1.807, 2.05) is 0 Å². The first-order valence-electron chi connectivity index (χ1n) is 23.1. The van der Waals surface area contributed by atoms with Crippen LogP contribution in [0, 0.1) is 40.4 Å². The van der Waals surface area contributed by atoms with Crippen molar-refractivity contribution in [3.63, 3.8) is 0 Å². The van der Waals surface area contributed by atoms with Crippen LogP contribution in [-0.4, -0.2) is 127 Å². The Balaban J connectivity index is 1.09. The van der Waals surface area contributed by atoms with Gasteiger partial charge in [-0.15, -0.1) is 0 Å². The molecule has 0 spiro atoms. The van der Waals surface area contributed by atoms with E-state index in [1.165, 1.54) is 31.7 Å². The zero-order valence-corrected chi connectivity index (χ0v) is 38.0. The summed E-state index contributed by atoms with van der Waals surface area (Å²) in [5.74, 6) is -1.21. The molecule has 1 aromatic carbocycles. The maximum atomic E-state index is 14.2. The predicted molar refractivity (Wildman–Crippen MR) is 224 cm³/mol. The van der Waals surface area contributed by atoms with E-state index in [4.69, 9.17) is 42.6 Å². The molecule has 3 aliphatic heterocycles. The molecule has 64 heavy (non-hydrogen) atoms. The summed E-state index contributed by atoms with van der Waals surface area (Å²) in [5.41, 5.74) is -1.04. The van der Waals surface area contributed by atoms with Crippen molar-refractivity contribution in [2.75, 3.05) is 20.3 Å². The number of aliphatic hydroxyl groups is 3. The first-order chi connectivity index (χ1) is 30.4. The lowest BCUT2D eigenvalue weighted by Gasteiger charge is -2.59. The molecule has 4 aliphatic carbocycles. The molecule has 0 amide bonds. The van der Waals surface area contributed by atoms with Crippen LogP contribution in [0.3, 0.4) is 0 Å². The standard InChI is InChI=1S/C48H66O16/c1-24(2)8-15-34(51)25(3)48(55)37(21-33-31-14-11-28-20-29(50)16-18-46(28,5)32(31)17-19-47(33,48)6)61-43-40(59-26(4)49)38(35(52)22-57-43)63-44-41(39-36(23-58-44)60-45(54)64-39)62-42(53)27-9-12-30(56-7)13-10-27/h9-13,24-25,29,31-33,35-41,43-44,50,52,55H,8,14-23H2,1-7H3/t25-,29+,31-,32?,33+,35+,36-,37+,38+,39+,40-,41-,43+,44+,46+,47+,48-/m1/s1. The Hall–Kier alpha value is -3.64. The first-order valence-corrected chi connectivity index (χ1v) is 23.1. The summed E-state index contributed by atoms with van der Waals surface area (Å²) in [7, 11) is 1.49. The number of hydrogen-bond acceptors (Lipinski definition) is 16. The highest BCUT2D eigenvalue weighted by Crippen LogP contribution is 2.69. The van der Waals surface area contributed by atoms with E-state index < -0.39 is 90.3 Å². The molecule has 3 saturated carbocycles. The van der Waals surface area contributed by atoms with Gasteiger partial charge in [0, 0.05) is 24.7 Å². The molecule has 1 aromatic rings. The van der Waals surface area contributed by atoms with Crippen LogP contribution >= 0.6 is 0 Å². The van der Waals surface area contributed by atoms with Crippen molar-refractivity contribution in [3.8, 4) is 5.75 Å². The lowest BCUT2D eigenvalue weighted by molar-refractivity contribution is -0.341. The zero-order chi connectivity index (χ0) is 45.9. The quantitative estimate of drug-likeness (QED) is 0.132. The zero-order valence-electron chi connectivity index (χ0n) is 38.0. The van der Waals surface area contributed by atoms with E-state index >= 15 is 0 Å². The van der Waals surface area contributed by atoms with E-state index in [2.05, 4.69) is 33.8 Å². The minimum absolute atomic E-state index is 0.0578. The van der Waals surface area contributed by atoms with Gasteiger partial charge in [-0.25, -0.2) is 9.59 Å². The smallest absolute Gasteiger partial charge is 0.497 e. The van der Waals surface area contributed by atoms with E-state index in [1.54, 1.807) is 19.1 Å². The van der Waals surface area contributed by atoms with Crippen molar-refractivity contribution < 1.29 is 77.1 Å². The second-order valence-corrected chi connectivity index (χ2v) is 20.2. The Morgan fingerprint density at radius 3 is 2.31 bits per heavy atom. The Morgan fingerprint density at radius 2 is 1.61 bits per heavy atom. The van der Waals surface area contributed by atoms with Gasteiger partial charge in [0.1, 0.15) is 29.3 Å². The fourth-order valence-electron chi connectivity index (χ4n) is 12.6. The molecule has 354 valence electrons. The number of aliphatic hydroxyl groups excluding tert-OH is 2. The maximum Gasteiger partial charge on any atom is 0.509 e. The first kappa shape index (κ1) is 46.9. The van der Waals surface area contributed by atoms with Gasteiger partial charge in [-0.1, -0.05) is 46.3 Å². The van der Waals surface area contributed by atoms with Crippen LogP contribution in [0.25, 0.3) is 0 Å². The predicted octanol–water partition coefficient (Wildman–Crippen LogP) is 5.21. The van der Waals surface area contributed by atoms with Crippen LogP contribution in [-0.2, 0) is 47.5 Å². The van der Waals surface area contributed by atoms with Crippen molar-refractivity contribution in [1.29, 1.82) is 0 Å². The Bertz CT molecular complexity index is 1940. The Kier molecular flexibility index (Phi) is 13.3. The Labute approximate surface area is 374 Å². The van der Waals surface area contributed by atoms with Crippen LogP contribution in [0.4, 0.5) is 4.79 Å². The van der Waals surface area contributed by atoms with Crippen molar-refractivity contribution in [2.24, 2.45) is 40.4 Å². The normalized spacial score (nSPS) is 41.8. The molecule has 3 saturated heterocycles. The van der Waals surface area contributed by atoms with Crippen LogP contribution in [0.2, 0.25) is 0 Å². The summed E-state index contributed by atoms with van der Waals surface area (Å²) in [5, 5.41) is 35.6. The minimum Gasteiger partial charge on any atom is -0.497 e. The molecule has 16 heteroatoms. The largest absolute Gasteiger partial charge is 0.509 e. The number of Topliss-reactive ketones (excluding diaryl/α,β-unsaturated/α-hetero) is 1. The number of ether oxygens (including phenoxy) is 9. The van der Waals surface area contributed by atoms with Crippen LogP contribution in [0.15, 0.2) is 35.9 Å². The molecule has 1 unspecified atom stereocenters. The van der Waals surface area contributed by atoms with E-state index in [0.29, 0.717) is 43.8 Å². The van der Waals surface area contributed by atoms with Crippen LogP contribution in [0.1, 0.15) is 110 Å². The van der Waals surface area contributed by atoms with Gasteiger partial charge in [-0.05, 0) is 105 Å². The van der Waals surface area contributed by atoms with Crippen LogP contribution < -0.4 is 4.74 Å². The van der Waals surface area contributed by atoms with E-state index in [9.17, 15) is 34.5 Å². The summed E-state index contributed by atoms with van der Waals surface area (Å²) in [6.07, 6.45) is -4.72. The van der Waals surface area contributed by atoms with Gasteiger partial charge in [-0.2, -0.15) is 0 Å². The van der Waals surface area contributed by atoms with Crippen molar-refractivity contribution in [2.45, 2.75) is 166 Å². The molecular weight excluding hydrogens is 833 g/mol. The van der Waals surface area contributed by atoms with Gasteiger partial charge in [0.05, 0.1) is 38.1 Å². The topological polar surface area (TPSA) is 212 Å². The number of hydrogen-bond donors (Lipinski definition) is 3. The van der Waals surface area contributed by atoms with Crippen molar-refractivity contribution in [1.82, 2.24) is 0 Å². The number of allylic oxidation sites excluding steroid dienone is 1. The highest BCUT2D eigenvalue weighted by Gasteiger charge is 2.71. The third kappa shape index (κ3) is 8.38. The molecule has 3 N–H and O–H groups in total. The number of fused-ring (bicyclic) bond motifs is 6. The molecule has 6 fully saturated rings. The average Bonchev–Trinajstić information content (AvgIpc) is 3.76. The second kappa shape index (κ2) is 18.2. The fraction of sp³-hybridized carbons (Fsp3) is 0.750. The number of carbonyl (C=O) groups excluding carboxylic acids is 4.